The van der Waals surface area contributed by atoms with E-state index in [-0.39, 0.29) is 0 Å². The molecule has 1 atom stereocenters. The van der Waals surface area contributed by atoms with Gasteiger partial charge in [-0.1, -0.05) is 30.3 Å². The van der Waals surface area contributed by atoms with Gasteiger partial charge < -0.3 is 9.64 Å². The first kappa shape index (κ1) is 11.8. The minimum atomic E-state index is 0.541. The van der Waals surface area contributed by atoms with Crippen molar-refractivity contribution in [2.45, 2.75) is 25.3 Å². The third-order valence-corrected chi connectivity index (χ3v) is 4.70. The minimum Gasteiger partial charge on any atom is -0.497 e. The molecule has 0 saturated heterocycles. The predicted molar refractivity (Wildman–Crippen MR) is 81.5 cm³/mol. The van der Waals surface area contributed by atoms with E-state index in [4.69, 9.17) is 4.74 Å². The molecule has 20 heavy (non-hydrogen) atoms. The molecule has 0 saturated carbocycles. The molecule has 0 bridgehead atoms. The molecule has 0 fully saturated rings. The number of fused-ring (bicyclic) bond motifs is 5. The summed E-state index contributed by atoms with van der Waals surface area (Å²) in [5.74, 6) is 0.961. The lowest BCUT2D eigenvalue weighted by molar-refractivity contribution is 0.413. The standard InChI is InChI=1S/C18H19NO/c1-20-15-8-6-14-7-9-17-16-5-3-2-4-13(16)10-11-19(17)18(14)12-15/h2-6,8,12,17H,7,9-11H2,1H3. The van der Waals surface area contributed by atoms with Crippen molar-refractivity contribution in [1.82, 2.24) is 0 Å². The van der Waals surface area contributed by atoms with Crippen molar-refractivity contribution in [3.8, 4) is 5.75 Å². The zero-order valence-electron chi connectivity index (χ0n) is 11.8. The maximum Gasteiger partial charge on any atom is 0.120 e. The highest BCUT2D eigenvalue weighted by Crippen LogP contribution is 2.43. The topological polar surface area (TPSA) is 12.5 Å². The zero-order chi connectivity index (χ0) is 13.5. The van der Waals surface area contributed by atoms with E-state index in [0.29, 0.717) is 6.04 Å². The third kappa shape index (κ3) is 1.71. The molecule has 102 valence electrons. The van der Waals surface area contributed by atoms with Gasteiger partial charge in [0.1, 0.15) is 5.75 Å². The molecule has 0 radical (unpaired) electrons. The van der Waals surface area contributed by atoms with E-state index in [1.807, 2.05) is 0 Å². The fourth-order valence-corrected chi connectivity index (χ4v) is 3.69. The number of aryl methyl sites for hydroxylation is 1. The second-order valence-electron chi connectivity index (χ2n) is 5.69. The van der Waals surface area contributed by atoms with Gasteiger partial charge in [0, 0.05) is 18.3 Å². The van der Waals surface area contributed by atoms with E-state index in [9.17, 15) is 0 Å². The summed E-state index contributed by atoms with van der Waals surface area (Å²) in [6.07, 6.45) is 3.52. The van der Waals surface area contributed by atoms with Crippen molar-refractivity contribution in [3.63, 3.8) is 0 Å². The fourth-order valence-electron chi connectivity index (χ4n) is 3.69. The van der Waals surface area contributed by atoms with Crippen LogP contribution in [0.15, 0.2) is 42.5 Å². The van der Waals surface area contributed by atoms with Gasteiger partial charge in [0.05, 0.1) is 13.2 Å². The Morgan fingerprint density at radius 1 is 1.05 bits per heavy atom. The summed E-state index contributed by atoms with van der Waals surface area (Å²) in [5, 5.41) is 0. The maximum atomic E-state index is 5.40. The lowest BCUT2D eigenvalue weighted by Gasteiger charge is -2.43. The van der Waals surface area contributed by atoms with Gasteiger partial charge in [0.2, 0.25) is 0 Å². The second kappa shape index (κ2) is 4.55. The first-order chi connectivity index (χ1) is 9.86. The van der Waals surface area contributed by atoms with E-state index < -0.39 is 0 Å². The van der Waals surface area contributed by atoms with Crippen LogP contribution >= 0.6 is 0 Å². The maximum absolute atomic E-state index is 5.40. The monoisotopic (exact) mass is 265 g/mol. The molecule has 0 aromatic heterocycles. The molecule has 4 rings (SSSR count). The van der Waals surface area contributed by atoms with Crippen LogP contribution < -0.4 is 9.64 Å². The van der Waals surface area contributed by atoms with Crippen LogP contribution in [0.4, 0.5) is 5.69 Å². The summed E-state index contributed by atoms with van der Waals surface area (Å²) >= 11 is 0. The number of nitrogens with zero attached hydrogens (tertiary/aromatic N) is 1. The van der Waals surface area contributed by atoms with Crippen LogP contribution in [0.3, 0.4) is 0 Å². The van der Waals surface area contributed by atoms with Gasteiger partial charge in [-0.3, -0.25) is 0 Å². The Labute approximate surface area is 120 Å². The van der Waals surface area contributed by atoms with Gasteiger partial charge >= 0.3 is 0 Å². The Kier molecular flexibility index (Phi) is 2.69. The van der Waals surface area contributed by atoms with Crippen molar-refractivity contribution in [1.29, 1.82) is 0 Å². The summed E-state index contributed by atoms with van der Waals surface area (Å²) in [4.78, 5) is 2.57. The Balaban J connectivity index is 1.80. The molecule has 2 aromatic carbocycles. The molecule has 0 spiro atoms. The van der Waals surface area contributed by atoms with Crippen molar-refractivity contribution >= 4 is 5.69 Å². The van der Waals surface area contributed by atoms with Crippen molar-refractivity contribution in [3.05, 3.63) is 59.2 Å². The van der Waals surface area contributed by atoms with Crippen LogP contribution in [-0.2, 0) is 12.8 Å². The van der Waals surface area contributed by atoms with Gasteiger partial charge in [0.25, 0.3) is 0 Å². The largest absolute Gasteiger partial charge is 0.497 e. The van der Waals surface area contributed by atoms with Crippen LogP contribution in [0.2, 0.25) is 0 Å². The van der Waals surface area contributed by atoms with Crippen molar-refractivity contribution in [2.75, 3.05) is 18.6 Å². The molecule has 2 aromatic rings. The molecule has 0 amide bonds. The van der Waals surface area contributed by atoms with Crippen LogP contribution in [0, 0.1) is 0 Å². The quantitative estimate of drug-likeness (QED) is 0.778. The van der Waals surface area contributed by atoms with E-state index in [0.717, 1.165) is 25.1 Å². The van der Waals surface area contributed by atoms with Gasteiger partial charge in [-0.05, 0) is 42.0 Å². The average molecular weight is 265 g/mol. The minimum absolute atomic E-state index is 0.541. The van der Waals surface area contributed by atoms with Crippen LogP contribution in [0.25, 0.3) is 0 Å². The van der Waals surface area contributed by atoms with Gasteiger partial charge in [0.15, 0.2) is 0 Å². The lowest BCUT2D eigenvalue weighted by Crippen LogP contribution is -2.38. The fraction of sp³-hybridized carbons (Fsp3) is 0.333. The smallest absolute Gasteiger partial charge is 0.120 e. The average Bonchev–Trinajstić information content (AvgIpc) is 2.53. The number of rotatable bonds is 1. The second-order valence-corrected chi connectivity index (χ2v) is 5.69. The first-order valence-corrected chi connectivity index (χ1v) is 7.38. The predicted octanol–water partition coefficient (Wildman–Crippen LogP) is 3.75. The van der Waals surface area contributed by atoms with Gasteiger partial charge in [-0.2, -0.15) is 0 Å². The molecule has 2 aliphatic rings. The number of benzene rings is 2. The van der Waals surface area contributed by atoms with Crippen LogP contribution in [0.5, 0.6) is 5.75 Å². The normalized spacial score (nSPS) is 19.9. The molecule has 2 heterocycles. The summed E-state index contributed by atoms with van der Waals surface area (Å²) in [5.41, 5.74) is 5.88. The molecule has 0 aliphatic carbocycles. The number of hydrogen-bond acceptors (Lipinski definition) is 2. The molecular weight excluding hydrogens is 246 g/mol. The molecule has 0 N–H and O–H groups in total. The molecule has 2 nitrogen and oxygen atoms in total. The molecule has 2 heteroatoms. The third-order valence-electron chi connectivity index (χ3n) is 4.70. The Hall–Kier alpha value is -1.96. The Morgan fingerprint density at radius 2 is 1.95 bits per heavy atom. The summed E-state index contributed by atoms with van der Waals surface area (Å²) in [6, 6.07) is 16.0. The SMILES string of the molecule is COc1ccc2c(c1)N1CCc3ccccc3C1CC2. The van der Waals surface area contributed by atoms with Crippen molar-refractivity contribution < 1.29 is 4.74 Å². The molecular formula is C18H19NO. The Morgan fingerprint density at radius 3 is 2.85 bits per heavy atom. The van der Waals surface area contributed by atoms with Crippen LogP contribution in [0.1, 0.15) is 29.2 Å². The van der Waals surface area contributed by atoms with Gasteiger partial charge in [-0.25, -0.2) is 0 Å². The number of ether oxygens (including phenoxy) is 1. The summed E-state index contributed by atoms with van der Waals surface area (Å²) in [7, 11) is 1.74. The molecule has 2 aliphatic heterocycles. The molecule has 1 unspecified atom stereocenters. The Bertz CT molecular complexity index is 650. The van der Waals surface area contributed by atoms with Gasteiger partial charge in [-0.15, -0.1) is 0 Å². The zero-order valence-corrected chi connectivity index (χ0v) is 11.8. The van der Waals surface area contributed by atoms with E-state index >= 15 is 0 Å². The lowest BCUT2D eigenvalue weighted by atomic mass is 9.85. The van der Waals surface area contributed by atoms with E-state index in [2.05, 4.69) is 47.4 Å². The number of methoxy groups -OCH3 is 1. The number of anilines is 1. The highest BCUT2D eigenvalue weighted by atomic mass is 16.5. The van der Waals surface area contributed by atoms with Crippen molar-refractivity contribution in [2.24, 2.45) is 0 Å². The first-order valence-electron chi connectivity index (χ1n) is 7.38. The summed E-state index contributed by atoms with van der Waals surface area (Å²) in [6.45, 7) is 1.11. The number of hydrogen-bond donors (Lipinski definition) is 0. The highest BCUT2D eigenvalue weighted by molar-refractivity contribution is 5.62. The summed E-state index contributed by atoms with van der Waals surface area (Å²) < 4.78 is 5.40. The van der Waals surface area contributed by atoms with E-state index in [1.165, 1.54) is 28.8 Å². The highest BCUT2D eigenvalue weighted by Gasteiger charge is 2.31. The van der Waals surface area contributed by atoms with E-state index in [1.54, 1.807) is 7.11 Å². The van der Waals surface area contributed by atoms with Crippen LogP contribution in [-0.4, -0.2) is 13.7 Å².